The van der Waals surface area contributed by atoms with Crippen LogP contribution in [0.3, 0.4) is 0 Å². The molecule has 1 saturated carbocycles. The Balaban J connectivity index is 1.70. The van der Waals surface area contributed by atoms with Gasteiger partial charge in [0.1, 0.15) is 12.1 Å². The summed E-state index contributed by atoms with van der Waals surface area (Å²) in [6.07, 6.45) is 5.62. The Morgan fingerprint density at radius 3 is 2.58 bits per heavy atom. The lowest BCUT2D eigenvalue weighted by Gasteiger charge is -2.35. The Bertz CT molecular complexity index is 768. The fraction of sp³-hybridized carbons (Fsp3) is 0.625. The number of nitrogens with one attached hydrogen (secondary N) is 1. The topological polar surface area (TPSA) is 95.9 Å². The van der Waals surface area contributed by atoms with Crippen molar-refractivity contribution in [3.63, 3.8) is 0 Å². The molecule has 2 aliphatic rings. The molecule has 2 N–H and O–H groups in total. The van der Waals surface area contributed by atoms with E-state index in [4.69, 9.17) is 4.74 Å². The van der Waals surface area contributed by atoms with Crippen LogP contribution in [0.25, 0.3) is 0 Å². The van der Waals surface area contributed by atoms with E-state index in [2.05, 4.69) is 5.32 Å². The fourth-order valence-electron chi connectivity index (χ4n) is 5.06. The largest absolute Gasteiger partial charge is 0.480 e. The molecule has 2 fully saturated rings. The second-order valence-corrected chi connectivity index (χ2v) is 8.66. The number of carboxylic acid groups (broad SMARTS) is 1. The number of nitrogens with zero attached hydrogens (tertiary/aromatic N) is 1. The molecule has 1 saturated heterocycles. The summed E-state index contributed by atoms with van der Waals surface area (Å²) in [5.41, 5.74) is 1.10. The number of hydrogen-bond acceptors (Lipinski definition) is 5. The molecule has 4 unspecified atom stereocenters. The van der Waals surface area contributed by atoms with Crippen molar-refractivity contribution in [3.8, 4) is 0 Å². The van der Waals surface area contributed by atoms with Crippen molar-refractivity contribution in [1.82, 2.24) is 10.2 Å². The van der Waals surface area contributed by atoms with Gasteiger partial charge in [-0.25, -0.2) is 4.79 Å². The number of carbonyl (C=O) groups excluding carboxylic acids is 2. The molecule has 1 amide bonds. The fourth-order valence-corrected chi connectivity index (χ4v) is 5.06. The first-order valence-electron chi connectivity index (χ1n) is 11.4. The van der Waals surface area contributed by atoms with Crippen molar-refractivity contribution in [1.29, 1.82) is 0 Å². The molecule has 0 bridgehead atoms. The third kappa shape index (κ3) is 5.64. The summed E-state index contributed by atoms with van der Waals surface area (Å²) < 4.78 is 5.22. The van der Waals surface area contributed by atoms with Crippen molar-refractivity contribution < 1.29 is 24.2 Å². The highest BCUT2D eigenvalue weighted by atomic mass is 16.5. The van der Waals surface area contributed by atoms with Crippen LogP contribution in [0.15, 0.2) is 30.3 Å². The standard InChI is InChI=1S/C24H34N2O5/c1-3-31-24(30)19(14-13-17-9-5-4-6-10-17)25-16(2)22(27)26-20-12-8-7-11-18(20)15-21(26)23(28)29/h4-6,9-10,16,18-21,25H,3,7-8,11-15H2,1-2H3,(H,28,29)/t16?,18?,19?,20?,21-/m0/s1. The Labute approximate surface area is 184 Å². The zero-order valence-electron chi connectivity index (χ0n) is 18.5. The Kier molecular flexibility index (Phi) is 8.07. The predicted molar refractivity (Wildman–Crippen MR) is 116 cm³/mol. The molecule has 170 valence electrons. The average Bonchev–Trinajstić information content (AvgIpc) is 3.16. The molecule has 0 spiro atoms. The molecule has 1 aromatic rings. The van der Waals surface area contributed by atoms with Gasteiger partial charge in [-0.1, -0.05) is 43.2 Å². The molecule has 31 heavy (non-hydrogen) atoms. The summed E-state index contributed by atoms with van der Waals surface area (Å²) in [5, 5.41) is 12.9. The van der Waals surface area contributed by atoms with Crippen LogP contribution in [0.4, 0.5) is 0 Å². The summed E-state index contributed by atoms with van der Waals surface area (Å²) in [7, 11) is 0. The van der Waals surface area contributed by atoms with Gasteiger partial charge in [-0.05, 0) is 57.4 Å². The minimum Gasteiger partial charge on any atom is -0.480 e. The number of aliphatic carboxylic acids is 1. The van der Waals surface area contributed by atoms with Crippen LogP contribution >= 0.6 is 0 Å². The number of likely N-dealkylation sites (tertiary alicyclic amines) is 1. The number of carboxylic acids is 1. The number of benzene rings is 1. The Hall–Kier alpha value is -2.41. The van der Waals surface area contributed by atoms with E-state index in [9.17, 15) is 19.5 Å². The minimum absolute atomic E-state index is 0.0167. The van der Waals surface area contributed by atoms with Gasteiger partial charge in [0, 0.05) is 6.04 Å². The maximum absolute atomic E-state index is 13.4. The zero-order chi connectivity index (χ0) is 22.4. The molecular formula is C24H34N2O5. The molecule has 7 heteroatoms. The lowest BCUT2D eigenvalue weighted by Crippen LogP contribution is -2.55. The first kappa shape index (κ1) is 23.3. The molecule has 1 aliphatic heterocycles. The van der Waals surface area contributed by atoms with Crippen molar-refractivity contribution in [3.05, 3.63) is 35.9 Å². The summed E-state index contributed by atoms with van der Waals surface area (Å²) in [5.74, 6) is -1.31. The number of rotatable bonds is 9. The van der Waals surface area contributed by atoms with E-state index in [1.807, 2.05) is 30.3 Å². The molecule has 3 rings (SSSR count). The van der Waals surface area contributed by atoms with Gasteiger partial charge in [0.25, 0.3) is 0 Å². The number of fused-ring (bicyclic) bond motifs is 1. The smallest absolute Gasteiger partial charge is 0.326 e. The molecular weight excluding hydrogens is 396 g/mol. The molecule has 1 aliphatic carbocycles. The maximum Gasteiger partial charge on any atom is 0.326 e. The first-order valence-corrected chi connectivity index (χ1v) is 11.4. The molecule has 7 nitrogen and oxygen atoms in total. The first-order chi connectivity index (χ1) is 14.9. The Morgan fingerprint density at radius 1 is 1.19 bits per heavy atom. The van der Waals surface area contributed by atoms with Crippen LogP contribution in [0.1, 0.15) is 57.9 Å². The quantitative estimate of drug-likeness (QED) is 0.585. The second kappa shape index (κ2) is 10.8. The van der Waals surface area contributed by atoms with Crippen molar-refractivity contribution in [2.24, 2.45) is 5.92 Å². The lowest BCUT2D eigenvalue weighted by molar-refractivity contribution is -0.152. The van der Waals surface area contributed by atoms with Gasteiger partial charge in [0.15, 0.2) is 0 Å². The third-order valence-electron chi connectivity index (χ3n) is 6.58. The maximum atomic E-state index is 13.4. The molecule has 5 atom stereocenters. The SMILES string of the molecule is CCOC(=O)C(CCc1ccccc1)NC(C)C(=O)N1C2CCCCC2C[C@H]1C(=O)O. The van der Waals surface area contributed by atoms with Gasteiger partial charge < -0.3 is 14.7 Å². The minimum atomic E-state index is -0.944. The molecule has 1 heterocycles. The van der Waals surface area contributed by atoms with E-state index in [1.54, 1.807) is 18.7 Å². The van der Waals surface area contributed by atoms with E-state index < -0.39 is 24.1 Å². The van der Waals surface area contributed by atoms with Crippen molar-refractivity contribution in [2.75, 3.05) is 6.61 Å². The van der Waals surface area contributed by atoms with Gasteiger partial charge in [-0.15, -0.1) is 0 Å². The average molecular weight is 431 g/mol. The zero-order valence-corrected chi connectivity index (χ0v) is 18.5. The second-order valence-electron chi connectivity index (χ2n) is 8.66. The number of aryl methyl sites for hydroxylation is 1. The van der Waals surface area contributed by atoms with E-state index >= 15 is 0 Å². The van der Waals surface area contributed by atoms with Crippen LogP contribution in [0.5, 0.6) is 0 Å². The predicted octanol–water partition coefficient (Wildman–Crippen LogP) is 2.77. The molecule has 0 radical (unpaired) electrons. The van der Waals surface area contributed by atoms with Gasteiger partial charge in [-0.3, -0.25) is 14.9 Å². The van der Waals surface area contributed by atoms with Crippen LogP contribution in [0, 0.1) is 5.92 Å². The van der Waals surface area contributed by atoms with Crippen LogP contribution in [0.2, 0.25) is 0 Å². The normalized spacial score (nSPS) is 24.8. The molecule has 1 aromatic carbocycles. The van der Waals surface area contributed by atoms with Gasteiger partial charge in [0.2, 0.25) is 5.91 Å². The van der Waals surface area contributed by atoms with Crippen LogP contribution in [-0.2, 0) is 25.5 Å². The van der Waals surface area contributed by atoms with Gasteiger partial charge in [0.05, 0.1) is 12.6 Å². The van der Waals surface area contributed by atoms with Crippen LogP contribution < -0.4 is 5.32 Å². The van der Waals surface area contributed by atoms with Gasteiger partial charge in [-0.2, -0.15) is 0 Å². The van der Waals surface area contributed by atoms with Crippen molar-refractivity contribution >= 4 is 17.8 Å². The highest BCUT2D eigenvalue weighted by Gasteiger charge is 2.48. The lowest BCUT2D eigenvalue weighted by atomic mass is 9.84. The van der Waals surface area contributed by atoms with E-state index in [0.717, 1.165) is 31.2 Å². The highest BCUT2D eigenvalue weighted by molar-refractivity contribution is 5.88. The van der Waals surface area contributed by atoms with E-state index in [1.165, 1.54) is 0 Å². The van der Waals surface area contributed by atoms with E-state index in [-0.39, 0.29) is 30.4 Å². The summed E-state index contributed by atoms with van der Waals surface area (Å²) >= 11 is 0. The third-order valence-corrected chi connectivity index (χ3v) is 6.58. The Morgan fingerprint density at radius 2 is 1.90 bits per heavy atom. The van der Waals surface area contributed by atoms with Crippen LogP contribution in [-0.4, -0.2) is 58.6 Å². The van der Waals surface area contributed by atoms with Crippen molar-refractivity contribution in [2.45, 2.75) is 83.0 Å². The van der Waals surface area contributed by atoms with E-state index in [0.29, 0.717) is 19.3 Å². The van der Waals surface area contributed by atoms with Gasteiger partial charge >= 0.3 is 11.9 Å². The monoisotopic (exact) mass is 430 g/mol. The summed E-state index contributed by atoms with van der Waals surface area (Å²) in [4.78, 5) is 39.3. The summed E-state index contributed by atoms with van der Waals surface area (Å²) in [6, 6.07) is 7.75. The molecule has 0 aromatic heterocycles. The number of amides is 1. The number of ether oxygens (including phenoxy) is 1. The highest BCUT2D eigenvalue weighted by Crippen LogP contribution is 2.40. The number of esters is 1. The number of hydrogen-bond donors (Lipinski definition) is 2. The number of carbonyl (C=O) groups is 3. The summed E-state index contributed by atoms with van der Waals surface area (Å²) in [6.45, 7) is 3.74.